The third-order valence-electron chi connectivity index (χ3n) is 5.16. The number of rotatable bonds is 4. The summed E-state index contributed by atoms with van der Waals surface area (Å²) in [6.45, 7) is 1.41. The van der Waals surface area contributed by atoms with Crippen molar-refractivity contribution in [3.63, 3.8) is 0 Å². The van der Waals surface area contributed by atoms with E-state index in [1.165, 1.54) is 0 Å². The van der Waals surface area contributed by atoms with Crippen LogP contribution in [-0.4, -0.2) is 47.3 Å². The molecule has 1 aromatic heterocycles. The number of fused-ring (bicyclic) bond motifs is 2. The molecule has 6 nitrogen and oxygen atoms in total. The molecule has 2 heterocycles. The van der Waals surface area contributed by atoms with E-state index < -0.39 is 0 Å². The molecular formula is C17H21N3O3. The van der Waals surface area contributed by atoms with E-state index in [1.807, 2.05) is 4.90 Å². The Labute approximate surface area is 135 Å². The van der Waals surface area contributed by atoms with Crippen LogP contribution in [-0.2, 0) is 4.79 Å². The molecule has 2 bridgehead atoms. The van der Waals surface area contributed by atoms with Gasteiger partial charge >= 0.3 is 0 Å². The third kappa shape index (κ3) is 2.78. The van der Waals surface area contributed by atoms with Crippen LogP contribution in [0.1, 0.15) is 19.3 Å². The highest BCUT2D eigenvalue weighted by molar-refractivity contribution is 5.80. The molecule has 1 aliphatic heterocycles. The second-order valence-electron chi connectivity index (χ2n) is 6.61. The maximum Gasteiger partial charge on any atom is 0.233 e. The molecule has 23 heavy (non-hydrogen) atoms. The summed E-state index contributed by atoms with van der Waals surface area (Å²) < 4.78 is 10.8. The third-order valence-corrected chi connectivity index (χ3v) is 5.16. The van der Waals surface area contributed by atoms with Crippen molar-refractivity contribution in [3.8, 4) is 11.8 Å². The second kappa shape index (κ2) is 5.83. The normalized spacial score (nSPS) is 31.6. The smallest absolute Gasteiger partial charge is 0.233 e. The van der Waals surface area contributed by atoms with Gasteiger partial charge in [-0.1, -0.05) is 12.2 Å². The Balaban J connectivity index is 1.33. The summed E-state index contributed by atoms with van der Waals surface area (Å²) in [7, 11) is 1.55. The summed E-state index contributed by atoms with van der Waals surface area (Å²) in [6, 6.07) is 3.47. The van der Waals surface area contributed by atoms with Crippen LogP contribution in [0.4, 0.5) is 0 Å². The fourth-order valence-corrected chi connectivity index (χ4v) is 3.97. The molecule has 2 fully saturated rings. The van der Waals surface area contributed by atoms with Crippen LogP contribution in [0.15, 0.2) is 24.3 Å². The highest BCUT2D eigenvalue weighted by atomic mass is 16.5. The van der Waals surface area contributed by atoms with Gasteiger partial charge in [-0.05, 0) is 24.7 Å². The van der Waals surface area contributed by atoms with E-state index in [1.54, 1.807) is 19.2 Å². The van der Waals surface area contributed by atoms with E-state index in [4.69, 9.17) is 9.47 Å². The zero-order valence-corrected chi connectivity index (χ0v) is 13.2. The zero-order valence-electron chi connectivity index (χ0n) is 13.2. The molecule has 0 spiro atoms. The van der Waals surface area contributed by atoms with Gasteiger partial charge in [-0.2, -0.15) is 0 Å². The molecule has 122 valence electrons. The van der Waals surface area contributed by atoms with Crippen molar-refractivity contribution in [2.45, 2.75) is 25.4 Å². The first-order chi connectivity index (χ1) is 11.2. The van der Waals surface area contributed by atoms with E-state index in [2.05, 4.69) is 22.3 Å². The molecular weight excluding hydrogens is 294 g/mol. The standard InChI is InChI=1S/C17H21N3O3/c1-22-15-4-5-16(19-18-15)23-13-6-7-20(10-13)17(21)14-9-11-2-3-12(14)8-11/h2-5,11-14H,6-10H2,1H3. The van der Waals surface area contributed by atoms with Crippen molar-refractivity contribution in [2.75, 3.05) is 20.2 Å². The van der Waals surface area contributed by atoms with Crippen molar-refractivity contribution in [1.82, 2.24) is 15.1 Å². The Morgan fingerprint density at radius 3 is 2.70 bits per heavy atom. The average Bonchev–Trinajstić information content (AvgIpc) is 3.31. The Morgan fingerprint density at radius 1 is 1.22 bits per heavy atom. The van der Waals surface area contributed by atoms with Crippen LogP contribution in [0.25, 0.3) is 0 Å². The Bertz CT molecular complexity index is 616. The van der Waals surface area contributed by atoms with Crippen LogP contribution in [0.3, 0.4) is 0 Å². The zero-order chi connectivity index (χ0) is 15.8. The number of methoxy groups -OCH3 is 1. The number of ether oxygens (including phenoxy) is 2. The molecule has 0 radical (unpaired) electrons. The first-order valence-electron chi connectivity index (χ1n) is 8.24. The summed E-state index contributed by atoms with van der Waals surface area (Å²) in [5.74, 6) is 2.51. The van der Waals surface area contributed by atoms with Gasteiger partial charge in [0, 0.05) is 31.0 Å². The minimum Gasteiger partial charge on any atom is -0.480 e. The summed E-state index contributed by atoms with van der Waals surface area (Å²) >= 11 is 0. The molecule has 0 N–H and O–H groups in total. The number of carbonyl (C=O) groups is 1. The maximum absolute atomic E-state index is 12.7. The number of nitrogens with zero attached hydrogens (tertiary/aromatic N) is 3. The molecule has 4 atom stereocenters. The van der Waals surface area contributed by atoms with E-state index >= 15 is 0 Å². The molecule has 3 aliphatic rings. The number of aromatic nitrogens is 2. The van der Waals surface area contributed by atoms with Gasteiger partial charge in [0.1, 0.15) is 6.10 Å². The topological polar surface area (TPSA) is 64.6 Å². The van der Waals surface area contributed by atoms with Crippen molar-refractivity contribution in [2.24, 2.45) is 17.8 Å². The van der Waals surface area contributed by atoms with Crippen molar-refractivity contribution in [1.29, 1.82) is 0 Å². The molecule has 4 unspecified atom stereocenters. The lowest BCUT2D eigenvalue weighted by Crippen LogP contribution is -2.37. The Kier molecular flexibility index (Phi) is 3.67. The Hall–Kier alpha value is -2.11. The number of amides is 1. The average molecular weight is 315 g/mol. The molecule has 1 saturated heterocycles. The van der Waals surface area contributed by atoms with Crippen molar-refractivity contribution in [3.05, 3.63) is 24.3 Å². The fraction of sp³-hybridized carbons (Fsp3) is 0.588. The molecule has 4 rings (SSSR count). The predicted octanol–water partition coefficient (Wildman–Crippen LogP) is 1.68. The van der Waals surface area contributed by atoms with E-state index in [9.17, 15) is 4.79 Å². The van der Waals surface area contributed by atoms with Gasteiger partial charge in [0.2, 0.25) is 17.7 Å². The highest BCUT2D eigenvalue weighted by Crippen LogP contribution is 2.44. The number of hydrogen-bond acceptors (Lipinski definition) is 5. The largest absolute Gasteiger partial charge is 0.480 e. The van der Waals surface area contributed by atoms with Crippen molar-refractivity contribution >= 4 is 5.91 Å². The van der Waals surface area contributed by atoms with Crippen LogP contribution in [0, 0.1) is 17.8 Å². The van der Waals surface area contributed by atoms with Gasteiger partial charge in [-0.25, -0.2) is 0 Å². The molecule has 1 saturated carbocycles. The molecule has 6 heteroatoms. The van der Waals surface area contributed by atoms with Gasteiger partial charge in [0.05, 0.1) is 13.7 Å². The lowest BCUT2D eigenvalue weighted by molar-refractivity contribution is -0.135. The Morgan fingerprint density at radius 2 is 2.04 bits per heavy atom. The van der Waals surface area contributed by atoms with Gasteiger partial charge in [-0.3, -0.25) is 4.79 Å². The lowest BCUT2D eigenvalue weighted by atomic mass is 9.92. The summed E-state index contributed by atoms with van der Waals surface area (Å²) in [5, 5.41) is 7.88. The van der Waals surface area contributed by atoms with E-state index in [0.717, 1.165) is 25.8 Å². The minimum absolute atomic E-state index is 0.00391. The molecule has 1 aromatic rings. The summed E-state index contributed by atoms with van der Waals surface area (Å²) in [4.78, 5) is 14.7. The van der Waals surface area contributed by atoms with E-state index in [0.29, 0.717) is 36.0 Å². The predicted molar refractivity (Wildman–Crippen MR) is 83.0 cm³/mol. The van der Waals surface area contributed by atoms with Gasteiger partial charge in [0.25, 0.3) is 0 Å². The SMILES string of the molecule is COc1ccc(OC2CCN(C(=O)C3CC4C=CC3C4)C2)nn1. The highest BCUT2D eigenvalue weighted by Gasteiger charge is 2.42. The first-order valence-corrected chi connectivity index (χ1v) is 8.24. The number of allylic oxidation sites excluding steroid dienone is 2. The van der Waals surface area contributed by atoms with Gasteiger partial charge in [0.15, 0.2) is 0 Å². The second-order valence-corrected chi connectivity index (χ2v) is 6.61. The molecule has 0 aromatic carbocycles. The van der Waals surface area contributed by atoms with Crippen LogP contribution in [0.5, 0.6) is 11.8 Å². The number of carbonyl (C=O) groups excluding carboxylic acids is 1. The molecule has 1 amide bonds. The monoisotopic (exact) mass is 315 g/mol. The summed E-state index contributed by atoms with van der Waals surface area (Å²) in [6.07, 6.45) is 7.52. The quantitative estimate of drug-likeness (QED) is 0.791. The lowest BCUT2D eigenvalue weighted by Gasteiger charge is -2.24. The van der Waals surface area contributed by atoms with Crippen LogP contribution >= 0.6 is 0 Å². The molecule has 2 aliphatic carbocycles. The minimum atomic E-state index is -0.00391. The fourth-order valence-electron chi connectivity index (χ4n) is 3.97. The van der Waals surface area contributed by atoms with Gasteiger partial charge in [-0.15, -0.1) is 10.2 Å². The first kappa shape index (κ1) is 14.5. The van der Waals surface area contributed by atoms with E-state index in [-0.39, 0.29) is 12.0 Å². The number of likely N-dealkylation sites (tertiary alicyclic amines) is 1. The summed E-state index contributed by atoms with van der Waals surface area (Å²) in [5.41, 5.74) is 0. The van der Waals surface area contributed by atoms with Crippen LogP contribution in [0.2, 0.25) is 0 Å². The number of hydrogen-bond donors (Lipinski definition) is 0. The van der Waals surface area contributed by atoms with Crippen LogP contribution < -0.4 is 9.47 Å². The maximum atomic E-state index is 12.7. The van der Waals surface area contributed by atoms with Crippen molar-refractivity contribution < 1.29 is 14.3 Å². The van der Waals surface area contributed by atoms with Gasteiger partial charge < -0.3 is 14.4 Å².